The fraction of sp³-hybridized carbons (Fsp3) is 0.188. The number of hydrogen-bond donors (Lipinski definition) is 1. The molecule has 1 N–H and O–H groups in total. The zero-order valence-corrected chi connectivity index (χ0v) is 12.3. The molecule has 0 spiro atoms. The molecule has 0 aliphatic heterocycles. The van der Waals surface area contributed by atoms with Crippen molar-refractivity contribution in [2.75, 3.05) is 5.32 Å². The minimum Gasteiger partial charge on any atom is -0.325 e. The van der Waals surface area contributed by atoms with Crippen LogP contribution >= 0.6 is 11.6 Å². The maximum atomic E-state index is 12.5. The van der Waals surface area contributed by atoms with Gasteiger partial charge in [0.05, 0.1) is 10.3 Å². The van der Waals surface area contributed by atoms with Gasteiger partial charge in [-0.25, -0.2) is 0 Å². The van der Waals surface area contributed by atoms with E-state index in [9.17, 15) is 14.9 Å². The van der Waals surface area contributed by atoms with Crippen molar-refractivity contribution in [2.24, 2.45) is 0 Å². The van der Waals surface area contributed by atoms with Crippen molar-refractivity contribution in [3.63, 3.8) is 0 Å². The first-order valence-corrected chi connectivity index (χ1v) is 7.21. The quantitative estimate of drug-likeness (QED) is 0.686. The van der Waals surface area contributed by atoms with Crippen molar-refractivity contribution in [3.8, 4) is 0 Å². The summed E-state index contributed by atoms with van der Waals surface area (Å²) in [5.41, 5.74) is 0.753. The van der Waals surface area contributed by atoms with E-state index in [2.05, 4.69) is 5.32 Å². The van der Waals surface area contributed by atoms with Crippen molar-refractivity contribution >= 4 is 28.9 Å². The minimum atomic E-state index is -0.546. The molecule has 5 nitrogen and oxygen atoms in total. The lowest BCUT2D eigenvalue weighted by molar-refractivity contribution is -0.384. The second-order valence-electron chi connectivity index (χ2n) is 5.35. The smallest absolute Gasteiger partial charge is 0.271 e. The van der Waals surface area contributed by atoms with Crippen LogP contribution in [0.15, 0.2) is 48.5 Å². The molecule has 0 unspecified atom stereocenters. The first-order valence-electron chi connectivity index (χ1n) is 6.83. The van der Waals surface area contributed by atoms with Crippen LogP contribution in [0.1, 0.15) is 18.4 Å². The molecular weight excluding hydrogens is 304 g/mol. The molecule has 0 radical (unpaired) electrons. The van der Waals surface area contributed by atoms with Crippen molar-refractivity contribution < 1.29 is 9.72 Å². The van der Waals surface area contributed by atoms with E-state index in [0.717, 1.165) is 18.4 Å². The van der Waals surface area contributed by atoms with E-state index in [1.54, 1.807) is 24.3 Å². The zero-order chi connectivity index (χ0) is 15.7. The molecule has 1 aliphatic rings. The average molecular weight is 317 g/mol. The number of carbonyl (C=O) groups is 1. The predicted octanol–water partition coefficient (Wildman–Crippen LogP) is 3.92. The van der Waals surface area contributed by atoms with Gasteiger partial charge in [0.15, 0.2) is 0 Å². The van der Waals surface area contributed by atoms with E-state index < -0.39 is 10.3 Å². The standard InChI is InChI=1S/C16H13ClN2O3/c17-12-6-4-11(5-7-12)16(8-9-16)15(20)18-13-2-1-3-14(10-13)19(21)22/h1-7,10H,8-9H2,(H,18,20). The van der Waals surface area contributed by atoms with Crippen molar-refractivity contribution in [1.82, 2.24) is 0 Å². The normalized spacial score (nSPS) is 15.1. The van der Waals surface area contributed by atoms with Gasteiger partial charge in [-0.2, -0.15) is 0 Å². The monoisotopic (exact) mass is 316 g/mol. The van der Waals surface area contributed by atoms with Crippen LogP contribution in [-0.4, -0.2) is 10.8 Å². The molecule has 1 saturated carbocycles. The summed E-state index contributed by atoms with van der Waals surface area (Å²) in [6.45, 7) is 0. The highest BCUT2D eigenvalue weighted by molar-refractivity contribution is 6.30. The fourth-order valence-corrected chi connectivity index (χ4v) is 2.61. The Kier molecular flexibility index (Phi) is 3.58. The summed E-state index contributed by atoms with van der Waals surface area (Å²) >= 11 is 5.87. The van der Waals surface area contributed by atoms with Crippen LogP contribution in [0, 0.1) is 10.1 Å². The summed E-state index contributed by atoms with van der Waals surface area (Å²) in [6, 6.07) is 13.2. The number of anilines is 1. The summed E-state index contributed by atoms with van der Waals surface area (Å²) in [6.07, 6.45) is 1.52. The predicted molar refractivity (Wildman–Crippen MR) is 84.1 cm³/mol. The highest BCUT2D eigenvalue weighted by Crippen LogP contribution is 2.49. The van der Waals surface area contributed by atoms with Crippen LogP contribution in [0.3, 0.4) is 0 Å². The zero-order valence-electron chi connectivity index (χ0n) is 11.6. The molecule has 1 fully saturated rings. The van der Waals surface area contributed by atoms with Crippen LogP contribution in [0.4, 0.5) is 11.4 Å². The Balaban J connectivity index is 1.81. The average Bonchev–Trinajstić information content (AvgIpc) is 3.30. The third kappa shape index (κ3) is 2.67. The summed E-state index contributed by atoms with van der Waals surface area (Å²) < 4.78 is 0. The molecular formula is C16H13ClN2O3. The van der Waals surface area contributed by atoms with Crippen LogP contribution in [0.5, 0.6) is 0 Å². The van der Waals surface area contributed by atoms with E-state index in [1.807, 2.05) is 12.1 Å². The van der Waals surface area contributed by atoms with Crippen molar-refractivity contribution in [2.45, 2.75) is 18.3 Å². The number of carbonyl (C=O) groups excluding carboxylic acids is 1. The Morgan fingerprint density at radius 3 is 2.45 bits per heavy atom. The Labute approximate surface area is 132 Å². The van der Waals surface area contributed by atoms with Crippen LogP contribution < -0.4 is 5.32 Å². The summed E-state index contributed by atoms with van der Waals surface area (Å²) in [5, 5.41) is 14.2. The number of nitro benzene ring substituents is 1. The number of rotatable bonds is 4. The minimum absolute atomic E-state index is 0.0471. The maximum Gasteiger partial charge on any atom is 0.271 e. The van der Waals surface area contributed by atoms with Gasteiger partial charge in [0.2, 0.25) is 5.91 Å². The molecule has 6 heteroatoms. The lowest BCUT2D eigenvalue weighted by Crippen LogP contribution is -2.27. The van der Waals surface area contributed by atoms with Gasteiger partial charge in [-0.3, -0.25) is 14.9 Å². The Bertz CT molecular complexity index is 739. The van der Waals surface area contributed by atoms with Crippen LogP contribution in [0.2, 0.25) is 5.02 Å². The Hall–Kier alpha value is -2.40. The fourth-order valence-electron chi connectivity index (χ4n) is 2.49. The van der Waals surface area contributed by atoms with Gasteiger partial charge >= 0.3 is 0 Å². The molecule has 2 aromatic rings. The molecule has 0 atom stereocenters. The highest BCUT2D eigenvalue weighted by atomic mass is 35.5. The first kappa shape index (κ1) is 14.5. The summed E-state index contributed by atoms with van der Waals surface area (Å²) in [5.74, 6) is -0.143. The number of non-ortho nitro benzene ring substituents is 1. The number of nitrogens with zero attached hydrogens (tertiary/aromatic N) is 1. The third-order valence-corrected chi connectivity index (χ3v) is 4.15. The Morgan fingerprint density at radius 2 is 1.86 bits per heavy atom. The maximum absolute atomic E-state index is 12.5. The van der Waals surface area contributed by atoms with E-state index >= 15 is 0 Å². The molecule has 1 amide bonds. The van der Waals surface area contributed by atoms with Crippen molar-refractivity contribution in [3.05, 3.63) is 69.2 Å². The third-order valence-electron chi connectivity index (χ3n) is 3.90. The van der Waals surface area contributed by atoms with E-state index in [4.69, 9.17) is 11.6 Å². The molecule has 0 aromatic heterocycles. The van der Waals surface area contributed by atoms with Gasteiger partial charge in [-0.05, 0) is 36.6 Å². The van der Waals surface area contributed by atoms with Gasteiger partial charge in [-0.1, -0.05) is 29.8 Å². The largest absolute Gasteiger partial charge is 0.325 e. The highest BCUT2D eigenvalue weighted by Gasteiger charge is 2.51. The van der Waals surface area contributed by atoms with Gasteiger partial charge in [-0.15, -0.1) is 0 Å². The summed E-state index contributed by atoms with van der Waals surface area (Å²) in [7, 11) is 0. The van der Waals surface area contributed by atoms with E-state index in [1.165, 1.54) is 12.1 Å². The van der Waals surface area contributed by atoms with Gasteiger partial charge in [0.1, 0.15) is 0 Å². The van der Waals surface area contributed by atoms with Crippen LogP contribution in [0.25, 0.3) is 0 Å². The Morgan fingerprint density at radius 1 is 1.18 bits per heavy atom. The number of halogens is 1. The molecule has 112 valence electrons. The number of nitrogens with one attached hydrogen (secondary N) is 1. The summed E-state index contributed by atoms with van der Waals surface area (Å²) in [4.78, 5) is 22.8. The van der Waals surface area contributed by atoms with Crippen molar-refractivity contribution in [1.29, 1.82) is 0 Å². The van der Waals surface area contributed by atoms with Gasteiger partial charge < -0.3 is 5.32 Å². The molecule has 3 rings (SSSR count). The number of hydrogen-bond acceptors (Lipinski definition) is 3. The SMILES string of the molecule is O=C(Nc1cccc([N+](=O)[O-])c1)C1(c2ccc(Cl)cc2)CC1. The second kappa shape index (κ2) is 5.42. The molecule has 0 bridgehead atoms. The number of amides is 1. The van der Waals surface area contributed by atoms with Gasteiger partial charge in [0.25, 0.3) is 5.69 Å². The number of benzene rings is 2. The van der Waals surface area contributed by atoms with Gasteiger partial charge in [0, 0.05) is 22.8 Å². The van der Waals surface area contributed by atoms with E-state index in [0.29, 0.717) is 10.7 Å². The molecule has 2 aromatic carbocycles. The number of nitro groups is 1. The topological polar surface area (TPSA) is 72.2 Å². The lowest BCUT2D eigenvalue weighted by Gasteiger charge is -2.16. The molecule has 1 aliphatic carbocycles. The molecule has 0 heterocycles. The second-order valence-corrected chi connectivity index (χ2v) is 5.79. The van der Waals surface area contributed by atoms with Crippen LogP contribution in [-0.2, 0) is 10.2 Å². The molecule has 22 heavy (non-hydrogen) atoms. The molecule has 0 saturated heterocycles. The van der Waals surface area contributed by atoms with E-state index in [-0.39, 0.29) is 11.6 Å². The first-order chi connectivity index (χ1) is 10.5. The lowest BCUT2D eigenvalue weighted by atomic mass is 9.95.